The standard InChI is InChI=1S/C7H12N4O/c1-2-3-6(12)10-7-5(8)4-9-11-7/h4H,2-3,8H2,1H3,(H2,9,10,11,12). The van der Waals surface area contributed by atoms with Crippen LogP contribution < -0.4 is 11.1 Å². The van der Waals surface area contributed by atoms with Gasteiger partial charge in [0.25, 0.3) is 0 Å². The largest absolute Gasteiger partial charge is 0.394 e. The molecule has 1 aromatic rings. The van der Waals surface area contributed by atoms with E-state index in [1.807, 2.05) is 6.92 Å². The van der Waals surface area contributed by atoms with E-state index >= 15 is 0 Å². The topological polar surface area (TPSA) is 83.8 Å². The summed E-state index contributed by atoms with van der Waals surface area (Å²) in [6, 6.07) is 0. The van der Waals surface area contributed by atoms with E-state index in [2.05, 4.69) is 15.5 Å². The number of anilines is 2. The highest BCUT2D eigenvalue weighted by atomic mass is 16.1. The molecule has 4 N–H and O–H groups in total. The zero-order chi connectivity index (χ0) is 8.97. The maximum atomic E-state index is 11.0. The van der Waals surface area contributed by atoms with E-state index < -0.39 is 0 Å². The van der Waals surface area contributed by atoms with Crippen LogP contribution in [0.3, 0.4) is 0 Å². The highest BCUT2D eigenvalue weighted by molar-refractivity contribution is 5.92. The number of carbonyl (C=O) groups excluding carboxylic acids is 1. The molecule has 0 aromatic carbocycles. The molecule has 0 bridgehead atoms. The Morgan fingerprint density at radius 1 is 1.83 bits per heavy atom. The summed E-state index contributed by atoms with van der Waals surface area (Å²) in [5, 5.41) is 8.87. The normalized spacial score (nSPS) is 9.75. The van der Waals surface area contributed by atoms with Gasteiger partial charge in [-0.2, -0.15) is 5.10 Å². The van der Waals surface area contributed by atoms with Gasteiger partial charge in [-0.05, 0) is 6.42 Å². The number of amides is 1. The number of nitrogens with one attached hydrogen (secondary N) is 2. The molecule has 0 aliphatic heterocycles. The first-order chi connectivity index (χ1) is 5.74. The van der Waals surface area contributed by atoms with Gasteiger partial charge < -0.3 is 11.1 Å². The van der Waals surface area contributed by atoms with Crippen molar-refractivity contribution < 1.29 is 4.79 Å². The molecular weight excluding hydrogens is 156 g/mol. The molecule has 0 saturated heterocycles. The lowest BCUT2D eigenvalue weighted by Crippen LogP contribution is -2.11. The van der Waals surface area contributed by atoms with E-state index in [4.69, 9.17) is 5.73 Å². The molecule has 0 spiro atoms. The number of carbonyl (C=O) groups is 1. The second-order valence-electron chi connectivity index (χ2n) is 2.50. The van der Waals surface area contributed by atoms with Crippen molar-refractivity contribution in [2.24, 2.45) is 0 Å². The molecule has 0 radical (unpaired) electrons. The second-order valence-corrected chi connectivity index (χ2v) is 2.50. The van der Waals surface area contributed by atoms with Crippen LogP contribution in [0.4, 0.5) is 11.5 Å². The molecular formula is C7H12N4O. The zero-order valence-corrected chi connectivity index (χ0v) is 6.92. The average Bonchev–Trinajstić information content (AvgIpc) is 2.37. The van der Waals surface area contributed by atoms with Gasteiger partial charge in [0.2, 0.25) is 5.91 Å². The van der Waals surface area contributed by atoms with E-state index in [9.17, 15) is 4.79 Å². The lowest BCUT2D eigenvalue weighted by Gasteiger charge is -2.00. The van der Waals surface area contributed by atoms with Crippen LogP contribution in [0.1, 0.15) is 19.8 Å². The number of H-pyrrole nitrogens is 1. The minimum absolute atomic E-state index is 0.0477. The number of nitrogen functional groups attached to an aromatic ring is 1. The maximum Gasteiger partial charge on any atom is 0.225 e. The van der Waals surface area contributed by atoms with Gasteiger partial charge in [-0.1, -0.05) is 6.92 Å². The van der Waals surface area contributed by atoms with Crippen molar-refractivity contribution >= 4 is 17.4 Å². The van der Waals surface area contributed by atoms with E-state index in [1.54, 1.807) is 0 Å². The highest BCUT2D eigenvalue weighted by Crippen LogP contribution is 2.12. The summed E-state index contributed by atoms with van der Waals surface area (Å²) < 4.78 is 0. The predicted octanol–water partition coefficient (Wildman–Crippen LogP) is 0.730. The van der Waals surface area contributed by atoms with Crippen molar-refractivity contribution in [1.29, 1.82) is 0 Å². The number of aromatic nitrogens is 2. The van der Waals surface area contributed by atoms with Crippen LogP contribution in [0, 0.1) is 0 Å². The predicted molar refractivity (Wildman–Crippen MR) is 46.5 cm³/mol. The Bertz CT molecular complexity index is 268. The Kier molecular flexibility index (Phi) is 2.68. The fraction of sp³-hybridized carbons (Fsp3) is 0.429. The lowest BCUT2D eigenvalue weighted by molar-refractivity contribution is -0.116. The van der Waals surface area contributed by atoms with Crippen molar-refractivity contribution in [3.05, 3.63) is 6.20 Å². The monoisotopic (exact) mass is 168 g/mol. The summed E-state index contributed by atoms with van der Waals surface area (Å²) in [6.45, 7) is 1.94. The number of nitrogens with zero attached hydrogens (tertiary/aromatic N) is 1. The van der Waals surface area contributed by atoms with Gasteiger partial charge in [0, 0.05) is 6.42 Å². The SMILES string of the molecule is CCCC(=O)Nc1[nH]ncc1N. The Balaban J connectivity index is 2.52. The number of aromatic amines is 1. The number of hydrogen-bond donors (Lipinski definition) is 3. The molecule has 0 aliphatic carbocycles. The van der Waals surface area contributed by atoms with Gasteiger partial charge in [0.15, 0.2) is 5.82 Å². The number of hydrogen-bond acceptors (Lipinski definition) is 3. The molecule has 0 unspecified atom stereocenters. The molecule has 12 heavy (non-hydrogen) atoms. The molecule has 0 fully saturated rings. The highest BCUT2D eigenvalue weighted by Gasteiger charge is 2.04. The first kappa shape index (κ1) is 8.58. The van der Waals surface area contributed by atoms with Crippen LogP contribution in [-0.2, 0) is 4.79 Å². The summed E-state index contributed by atoms with van der Waals surface area (Å²) in [5.41, 5.74) is 5.93. The Morgan fingerprint density at radius 2 is 2.58 bits per heavy atom. The quantitative estimate of drug-likeness (QED) is 0.622. The van der Waals surface area contributed by atoms with E-state index in [0.29, 0.717) is 17.9 Å². The van der Waals surface area contributed by atoms with Crippen LogP contribution in [0.2, 0.25) is 0 Å². The molecule has 5 nitrogen and oxygen atoms in total. The molecule has 0 saturated carbocycles. The number of rotatable bonds is 3. The van der Waals surface area contributed by atoms with Gasteiger partial charge in [-0.15, -0.1) is 0 Å². The third-order valence-electron chi connectivity index (χ3n) is 1.41. The van der Waals surface area contributed by atoms with Gasteiger partial charge in [-0.3, -0.25) is 9.89 Å². The van der Waals surface area contributed by atoms with Crippen molar-refractivity contribution in [3.63, 3.8) is 0 Å². The third kappa shape index (κ3) is 1.98. The molecule has 5 heteroatoms. The van der Waals surface area contributed by atoms with Gasteiger partial charge in [0.05, 0.1) is 11.9 Å². The maximum absolute atomic E-state index is 11.0. The third-order valence-corrected chi connectivity index (χ3v) is 1.41. The fourth-order valence-corrected chi connectivity index (χ4v) is 0.825. The van der Waals surface area contributed by atoms with Crippen LogP contribution in [-0.4, -0.2) is 16.1 Å². The minimum Gasteiger partial charge on any atom is -0.394 e. The van der Waals surface area contributed by atoms with E-state index in [-0.39, 0.29) is 5.91 Å². The van der Waals surface area contributed by atoms with Crippen LogP contribution in [0.15, 0.2) is 6.20 Å². The first-order valence-corrected chi connectivity index (χ1v) is 3.82. The lowest BCUT2D eigenvalue weighted by atomic mass is 10.3. The second kappa shape index (κ2) is 3.75. The van der Waals surface area contributed by atoms with Gasteiger partial charge in [0.1, 0.15) is 0 Å². The number of nitrogens with two attached hydrogens (primary N) is 1. The zero-order valence-electron chi connectivity index (χ0n) is 6.92. The van der Waals surface area contributed by atoms with Gasteiger partial charge in [-0.25, -0.2) is 0 Å². The Hall–Kier alpha value is -1.52. The molecule has 1 heterocycles. The summed E-state index contributed by atoms with van der Waals surface area (Å²) in [4.78, 5) is 11.0. The van der Waals surface area contributed by atoms with Crippen molar-refractivity contribution in [1.82, 2.24) is 10.2 Å². The van der Waals surface area contributed by atoms with E-state index in [1.165, 1.54) is 6.20 Å². The smallest absolute Gasteiger partial charge is 0.225 e. The summed E-state index contributed by atoms with van der Waals surface area (Å²) >= 11 is 0. The minimum atomic E-state index is -0.0477. The Labute approximate surface area is 70.3 Å². The first-order valence-electron chi connectivity index (χ1n) is 3.82. The molecule has 1 amide bonds. The summed E-state index contributed by atoms with van der Waals surface area (Å²) in [7, 11) is 0. The van der Waals surface area contributed by atoms with Crippen LogP contribution in [0.5, 0.6) is 0 Å². The van der Waals surface area contributed by atoms with Crippen LogP contribution in [0.25, 0.3) is 0 Å². The molecule has 0 atom stereocenters. The summed E-state index contributed by atoms with van der Waals surface area (Å²) in [5.74, 6) is 0.432. The average molecular weight is 168 g/mol. The Morgan fingerprint density at radius 3 is 3.08 bits per heavy atom. The van der Waals surface area contributed by atoms with Crippen molar-refractivity contribution in [2.45, 2.75) is 19.8 Å². The molecule has 1 rings (SSSR count). The van der Waals surface area contributed by atoms with Crippen molar-refractivity contribution in [3.8, 4) is 0 Å². The molecule has 66 valence electrons. The van der Waals surface area contributed by atoms with Crippen LogP contribution >= 0.6 is 0 Å². The van der Waals surface area contributed by atoms with E-state index in [0.717, 1.165) is 6.42 Å². The van der Waals surface area contributed by atoms with Gasteiger partial charge >= 0.3 is 0 Å². The molecule has 0 aliphatic rings. The molecule has 1 aromatic heterocycles. The summed E-state index contributed by atoms with van der Waals surface area (Å²) in [6.07, 6.45) is 2.78. The van der Waals surface area contributed by atoms with Crippen molar-refractivity contribution in [2.75, 3.05) is 11.1 Å². The fourth-order valence-electron chi connectivity index (χ4n) is 0.825.